The minimum atomic E-state index is 0.727. The third-order valence-electron chi connectivity index (χ3n) is 4.72. The van der Waals surface area contributed by atoms with Crippen molar-refractivity contribution in [2.45, 2.75) is 13.8 Å². The van der Waals surface area contributed by atoms with Crippen molar-refractivity contribution in [3.8, 4) is 11.4 Å². The zero-order valence-corrected chi connectivity index (χ0v) is 15.8. The summed E-state index contributed by atoms with van der Waals surface area (Å²) in [6.45, 7) is 7.35. The summed E-state index contributed by atoms with van der Waals surface area (Å²) in [4.78, 5) is 11.9. The number of hydrogen-bond donors (Lipinski definition) is 1. The van der Waals surface area contributed by atoms with Gasteiger partial charge in [-0.2, -0.15) is 0 Å². The van der Waals surface area contributed by atoms with Crippen molar-refractivity contribution in [3.63, 3.8) is 0 Å². The summed E-state index contributed by atoms with van der Waals surface area (Å²) in [7, 11) is 0. The third-order valence-corrected chi connectivity index (χ3v) is 4.72. The van der Waals surface area contributed by atoms with Crippen LogP contribution in [0.4, 0.5) is 17.3 Å². The topological polar surface area (TPSA) is 50.3 Å². The van der Waals surface area contributed by atoms with E-state index >= 15 is 0 Å². The van der Waals surface area contributed by atoms with E-state index in [0.29, 0.717) is 0 Å². The molecule has 1 aliphatic rings. The Bertz CT molecular complexity index is 921. The largest absolute Gasteiger partial charge is 0.378 e. The van der Waals surface area contributed by atoms with E-state index in [4.69, 9.17) is 14.7 Å². The van der Waals surface area contributed by atoms with E-state index < -0.39 is 0 Å². The summed E-state index contributed by atoms with van der Waals surface area (Å²) >= 11 is 0. The summed E-state index contributed by atoms with van der Waals surface area (Å²) in [6.07, 6.45) is 0. The van der Waals surface area contributed by atoms with Crippen LogP contribution in [0, 0.1) is 13.8 Å². The Morgan fingerprint density at radius 3 is 2.44 bits per heavy atom. The van der Waals surface area contributed by atoms with E-state index in [9.17, 15) is 0 Å². The van der Waals surface area contributed by atoms with Crippen molar-refractivity contribution < 1.29 is 4.74 Å². The van der Waals surface area contributed by atoms with Crippen LogP contribution in [0.3, 0.4) is 0 Å². The smallest absolute Gasteiger partial charge is 0.163 e. The normalized spacial score (nSPS) is 14.2. The molecule has 3 aromatic rings. The van der Waals surface area contributed by atoms with Crippen molar-refractivity contribution in [2.24, 2.45) is 0 Å². The predicted octanol–water partition coefficient (Wildman–Crippen LogP) is 4.34. The van der Waals surface area contributed by atoms with Gasteiger partial charge in [0.25, 0.3) is 0 Å². The zero-order valence-electron chi connectivity index (χ0n) is 15.8. The van der Waals surface area contributed by atoms with Crippen LogP contribution in [-0.4, -0.2) is 36.3 Å². The van der Waals surface area contributed by atoms with E-state index in [2.05, 4.69) is 42.3 Å². The second-order valence-electron chi connectivity index (χ2n) is 6.84. The van der Waals surface area contributed by atoms with Gasteiger partial charge in [-0.3, -0.25) is 0 Å². The standard InChI is InChI=1S/C22H24N4O/c1-16-8-9-19(17(2)14-16)23-20-15-21(26-10-12-27-13-11-26)25-22(24-20)18-6-4-3-5-7-18/h3-9,14-15H,10-13H2,1-2H3,(H,23,24,25). The van der Waals surface area contributed by atoms with Crippen molar-refractivity contribution >= 4 is 17.3 Å². The Morgan fingerprint density at radius 2 is 1.70 bits per heavy atom. The Balaban J connectivity index is 1.73. The highest BCUT2D eigenvalue weighted by Gasteiger charge is 2.16. The predicted molar refractivity (Wildman–Crippen MR) is 110 cm³/mol. The fourth-order valence-corrected chi connectivity index (χ4v) is 3.26. The minimum Gasteiger partial charge on any atom is -0.378 e. The van der Waals surface area contributed by atoms with Gasteiger partial charge in [0.05, 0.1) is 13.2 Å². The van der Waals surface area contributed by atoms with Gasteiger partial charge in [-0.15, -0.1) is 0 Å². The fraction of sp³-hybridized carbons (Fsp3) is 0.273. The number of hydrogen-bond acceptors (Lipinski definition) is 5. The molecule has 1 aromatic heterocycles. The maximum atomic E-state index is 5.49. The maximum absolute atomic E-state index is 5.49. The molecule has 0 atom stereocenters. The monoisotopic (exact) mass is 360 g/mol. The average molecular weight is 360 g/mol. The maximum Gasteiger partial charge on any atom is 0.163 e. The molecule has 0 saturated carbocycles. The lowest BCUT2D eigenvalue weighted by atomic mass is 10.1. The van der Waals surface area contributed by atoms with Crippen LogP contribution in [0.2, 0.25) is 0 Å². The second-order valence-corrected chi connectivity index (χ2v) is 6.84. The lowest BCUT2D eigenvalue weighted by Crippen LogP contribution is -2.36. The summed E-state index contributed by atoms with van der Waals surface area (Å²) < 4.78 is 5.49. The fourth-order valence-electron chi connectivity index (χ4n) is 3.26. The molecule has 0 bridgehead atoms. The van der Waals surface area contributed by atoms with E-state index in [1.165, 1.54) is 11.1 Å². The van der Waals surface area contributed by atoms with E-state index in [1.54, 1.807) is 0 Å². The van der Waals surface area contributed by atoms with E-state index in [-0.39, 0.29) is 0 Å². The average Bonchev–Trinajstić information content (AvgIpc) is 2.71. The highest BCUT2D eigenvalue weighted by atomic mass is 16.5. The molecule has 0 spiro atoms. The SMILES string of the molecule is Cc1ccc(Nc2cc(N3CCOCC3)nc(-c3ccccc3)n2)c(C)c1. The number of anilines is 3. The molecule has 4 rings (SSSR count). The first-order valence-electron chi connectivity index (χ1n) is 9.30. The first-order valence-corrected chi connectivity index (χ1v) is 9.30. The molecule has 0 radical (unpaired) electrons. The van der Waals surface area contributed by atoms with Gasteiger partial charge < -0.3 is 15.0 Å². The van der Waals surface area contributed by atoms with Gasteiger partial charge in [0.2, 0.25) is 0 Å². The van der Waals surface area contributed by atoms with E-state index in [1.807, 2.05) is 36.4 Å². The van der Waals surface area contributed by atoms with Gasteiger partial charge in [0, 0.05) is 30.4 Å². The number of nitrogens with one attached hydrogen (secondary N) is 1. The number of benzene rings is 2. The Labute approximate surface area is 160 Å². The highest BCUT2D eigenvalue weighted by molar-refractivity contribution is 5.67. The zero-order chi connectivity index (χ0) is 18.6. The number of aromatic nitrogens is 2. The Hall–Kier alpha value is -2.92. The van der Waals surface area contributed by atoms with Crippen molar-refractivity contribution in [1.29, 1.82) is 0 Å². The quantitative estimate of drug-likeness (QED) is 0.750. The van der Waals surface area contributed by atoms with Crippen LogP contribution >= 0.6 is 0 Å². The number of morpholine rings is 1. The Morgan fingerprint density at radius 1 is 0.926 bits per heavy atom. The Kier molecular flexibility index (Phi) is 5.03. The van der Waals surface area contributed by atoms with Gasteiger partial charge in [0.15, 0.2) is 5.82 Å². The van der Waals surface area contributed by atoms with Gasteiger partial charge in [-0.25, -0.2) is 9.97 Å². The molecule has 5 heteroatoms. The lowest BCUT2D eigenvalue weighted by molar-refractivity contribution is 0.122. The lowest BCUT2D eigenvalue weighted by Gasteiger charge is -2.28. The molecule has 1 N–H and O–H groups in total. The number of nitrogens with zero attached hydrogens (tertiary/aromatic N) is 3. The van der Waals surface area contributed by atoms with Crippen LogP contribution in [0.5, 0.6) is 0 Å². The van der Waals surface area contributed by atoms with Gasteiger partial charge in [-0.05, 0) is 25.5 Å². The van der Waals surface area contributed by atoms with Crippen molar-refractivity contribution in [2.75, 3.05) is 36.5 Å². The first kappa shape index (κ1) is 17.5. The molecule has 1 saturated heterocycles. The summed E-state index contributed by atoms with van der Waals surface area (Å²) in [5.41, 5.74) is 4.52. The van der Waals surface area contributed by atoms with Gasteiger partial charge in [0.1, 0.15) is 11.6 Å². The van der Waals surface area contributed by atoms with Crippen LogP contribution in [0.1, 0.15) is 11.1 Å². The number of ether oxygens (including phenoxy) is 1. The van der Waals surface area contributed by atoms with Crippen LogP contribution in [0.15, 0.2) is 54.6 Å². The van der Waals surface area contributed by atoms with Crippen LogP contribution < -0.4 is 10.2 Å². The molecule has 138 valence electrons. The van der Waals surface area contributed by atoms with Crippen molar-refractivity contribution in [1.82, 2.24) is 9.97 Å². The summed E-state index contributed by atoms with van der Waals surface area (Å²) in [5, 5.41) is 3.48. The molecular formula is C22H24N4O. The molecule has 1 fully saturated rings. The molecule has 2 aromatic carbocycles. The minimum absolute atomic E-state index is 0.727. The summed E-state index contributed by atoms with van der Waals surface area (Å²) in [6, 6.07) is 18.5. The molecular weight excluding hydrogens is 336 g/mol. The van der Waals surface area contributed by atoms with E-state index in [0.717, 1.165) is 55.0 Å². The molecule has 0 aliphatic carbocycles. The van der Waals surface area contributed by atoms with Crippen LogP contribution in [-0.2, 0) is 4.74 Å². The molecule has 0 amide bonds. The molecule has 0 unspecified atom stereocenters. The number of rotatable bonds is 4. The molecule has 2 heterocycles. The molecule has 27 heavy (non-hydrogen) atoms. The second kappa shape index (κ2) is 7.76. The molecule has 5 nitrogen and oxygen atoms in total. The van der Waals surface area contributed by atoms with Crippen LogP contribution in [0.25, 0.3) is 11.4 Å². The van der Waals surface area contributed by atoms with Crippen molar-refractivity contribution in [3.05, 3.63) is 65.7 Å². The first-order chi connectivity index (χ1) is 13.2. The van der Waals surface area contributed by atoms with Gasteiger partial charge >= 0.3 is 0 Å². The van der Waals surface area contributed by atoms with Gasteiger partial charge in [-0.1, -0.05) is 48.0 Å². The molecule has 1 aliphatic heterocycles. The summed E-state index contributed by atoms with van der Waals surface area (Å²) in [5.74, 6) is 2.46. The third kappa shape index (κ3) is 4.09. The highest BCUT2D eigenvalue weighted by Crippen LogP contribution is 2.26. The number of aryl methyl sites for hydroxylation is 2.